The van der Waals surface area contributed by atoms with Crippen LogP contribution in [0.25, 0.3) is 0 Å². The molecule has 0 spiro atoms. The third-order valence-corrected chi connectivity index (χ3v) is 6.26. The van der Waals surface area contributed by atoms with Gasteiger partial charge in [-0.15, -0.1) is 0 Å². The van der Waals surface area contributed by atoms with Crippen LogP contribution < -0.4 is 4.74 Å². The number of halogens is 1. The number of piperidine rings is 1. The summed E-state index contributed by atoms with van der Waals surface area (Å²) in [6.07, 6.45) is 8.69. The Morgan fingerprint density at radius 1 is 1.25 bits per heavy atom. The predicted molar refractivity (Wildman–Crippen MR) is 91.4 cm³/mol. The van der Waals surface area contributed by atoms with E-state index in [4.69, 9.17) is 4.74 Å². The minimum absolute atomic E-state index is 0.324. The van der Waals surface area contributed by atoms with Gasteiger partial charge in [-0.1, -0.05) is 12.2 Å². The van der Waals surface area contributed by atoms with Gasteiger partial charge >= 0.3 is 0 Å². The van der Waals surface area contributed by atoms with Gasteiger partial charge in [0.2, 0.25) is 0 Å². The van der Waals surface area contributed by atoms with Crippen LogP contribution >= 0.6 is 0 Å². The van der Waals surface area contributed by atoms with Crippen molar-refractivity contribution in [3.05, 3.63) is 41.7 Å². The molecule has 0 unspecified atom stereocenters. The lowest BCUT2D eigenvalue weighted by Gasteiger charge is -2.40. The van der Waals surface area contributed by atoms with E-state index < -0.39 is 5.60 Å². The molecule has 4 heteroatoms. The average molecular weight is 331 g/mol. The molecule has 2 bridgehead atoms. The number of hydrogen-bond acceptors (Lipinski definition) is 3. The van der Waals surface area contributed by atoms with Crippen molar-refractivity contribution in [2.75, 3.05) is 26.7 Å². The molecule has 1 heterocycles. The van der Waals surface area contributed by atoms with Crippen LogP contribution in [0.4, 0.5) is 4.39 Å². The SMILES string of the molecule is COc1ccc(F)cc1C1(O)CCN(C[C@H]2C[C@H]3C=C[C@H]2C3)CC1. The molecule has 3 nitrogen and oxygen atoms in total. The molecule has 2 fully saturated rings. The Balaban J connectivity index is 1.42. The quantitative estimate of drug-likeness (QED) is 0.859. The largest absolute Gasteiger partial charge is 0.496 e. The van der Waals surface area contributed by atoms with Crippen molar-refractivity contribution in [1.82, 2.24) is 4.90 Å². The highest BCUT2D eigenvalue weighted by Gasteiger charge is 2.40. The van der Waals surface area contributed by atoms with Crippen molar-refractivity contribution in [2.45, 2.75) is 31.3 Å². The molecule has 0 aromatic heterocycles. The number of aliphatic hydroxyl groups is 1. The fraction of sp³-hybridized carbons (Fsp3) is 0.600. The summed E-state index contributed by atoms with van der Waals surface area (Å²) in [6.45, 7) is 2.84. The molecular formula is C20H26FNO2. The Labute approximate surface area is 143 Å². The molecule has 1 aromatic rings. The summed E-state index contributed by atoms with van der Waals surface area (Å²) in [4.78, 5) is 2.47. The number of likely N-dealkylation sites (tertiary alicyclic amines) is 1. The zero-order valence-electron chi connectivity index (χ0n) is 14.2. The van der Waals surface area contributed by atoms with E-state index in [9.17, 15) is 9.50 Å². The summed E-state index contributed by atoms with van der Waals surface area (Å²) in [5, 5.41) is 11.1. The Kier molecular flexibility index (Phi) is 4.13. The van der Waals surface area contributed by atoms with Gasteiger partial charge in [0.1, 0.15) is 11.6 Å². The summed E-state index contributed by atoms with van der Waals surface area (Å²) in [7, 11) is 1.57. The Hall–Kier alpha value is -1.39. The van der Waals surface area contributed by atoms with E-state index >= 15 is 0 Å². The summed E-state index contributed by atoms with van der Waals surface area (Å²) in [6, 6.07) is 4.41. The molecule has 1 saturated heterocycles. The monoisotopic (exact) mass is 331 g/mol. The van der Waals surface area contributed by atoms with Crippen LogP contribution in [0.3, 0.4) is 0 Å². The Morgan fingerprint density at radius 2 is 2.04 bits per heavy atom. The maximum Gasteiger partial charge on any atom is 0.125 e. The van der Waals surface area contributed by atoms with Crippen LogP contribution in [-0.4, -0.2) is 36.8 Å². The van der Waals surface area contributed by atoms with E-state index in [1.807, 2.05) is 0 Å². The van der Waals surface area contributed by atoms with Crippen LogP contribution in [0, 0.1) is 23.6 Å². The van der Waals surface area contributed by atoms with Gasteiger partial charge in [-0.25, -0.2) is 4.39 Å². The average Bonchev–Trinajstić information content (AvgIpc) is 3.20. The normalized spacial score (nSPS) is 31.5. The smallest absolute Gasteiger partial charge is 0.125 e. The fourth-order valence-electron chi connectivity index (χ4n) is 4.85. The molecule has 1 aliphatic heterocycles. The fourth-order valence-corrected chi connectivity index (χ4v) is 4.85. The number of methoxy groups -OCH3 is 1. The first kappa shape index (κ1) is 16.1. The molecule has 3 aliphatic rings. The van der Waals surface area contributed by atoms with Crippen molar-refractivity contribution in [3.8, 4) is 5.75 Å². The second kappa shape index (κ2) is 6.16. The Morgan fingerprint density at radius 3 is 2.67 bits per heavy atom. The van der Waals surface area contributed by atoms with Crippen LogP contribution in [0.2, 0.25) is 0 Å². The lowest BCUT2D eigenvalue weighted by atomic mass is 9.83. The van der Waals surface area contributed by atoms with Gasteiger partial charge in [-0.05, 0) is 61.6 Å². The van der Waals surface area contributed by atoms with Gasteiger partial charge in [0.05, 0.1) is 12.7 Å². The second-order valence-electron chi connectivity index (χ2n) is 7.72. The minimum Gasteiger partial charge on any atom is -0.496 e. The minimum atomic E-state index is -0.988. The molecule has 4 rings (SSSR count). The van der Waals surface area contributed by atoms with Gasteiger partial charge in [0.25, 0.3) is 0 Å². The van der Waals surface area contributed by atoms with E-state index in [-0.39, 0.29) is 5.82 Å². The van der Waals surface area contributed by atoms with Crippen molar-refractivity contribution in [3.63, 3.8) is 0 Å². The van der Waals surface area contributed by atoms with Gasteiger partial charge in [0, 0.05) is 25.2 Å². The molecular weight excluding hydrogens is 305 g/mol. The first-order valence-electron chi connectivity index (χ1n) is 9.04. The number of ether oxygens (including phenoxy) is 1. The van der Waals surface area contributed by atoms with E-state index in [0.717, 1.165) is 37.4 Å². The van der Waals surface area contributed by atoms with Gasteiger partial charge in [-0.2, -0.15) is 0 Å². The predicted octanol–water partition coefficient (Wildman–Crippen LogP) is 3.33. The van der Waals surface area contributed by atoms with Crippen molar-refractivity contribution >= 4 is 0 Å². The van der Waals surface area contributed by atoms with Crippen LogP contribution in [0.5, 0.6) is 5.75 Å². The second-order valence-corrected chi connectivity index (χ2v) is 7.72. The molecule has 130 valence electrons. The van der Waals surface area contributed by atoms with E-state index in [2.05, 4.69) is 17.1 Å². The van der Waals surface area contributed by atoms with E-state index in [0.29, 0.717) is 24.2 Å². The lowest BCUT2D eigenvalue weighted by molar-refractivity contribution is -0.0311. The first-order valence-corrected chi connectivity index (χ1v) is 9.04. The van der Waals surface area contributed by atoms with Crippen molar-refractivity contribution in [1.29, 1.82) is 0 Å². The van der Waals surface area contributed by atoms with Crippen LogP contribution in [0.1, 0.15) is 31.2 Å². The molecule has 1 N–H and O–H groups in total. The maximum absolute atomic E-state index is 13.7. The van der Waals surface area contributed by atoms with Crippen LogP contribution in [0.15, 0.2) is 30.4 Å². The van der Waals surface area contributed by atoms with E-state index in [1.165, 1.54) is 25.0 Å². The summed E-state index contributed by atoms with van der Waals surface area (Å²) in [5.41, 5.74) is -0.397. The van der Waals surface area contributed by atoms with Crippen molar-refractivity contribution in [2.24, 2.45) is 17.8 Å². The highest BCUT2D eigenvalue weighted by atomic mass is 19.1. The molecule has 0 radical (unpaired) electrons. The number of rotatable bonds is 4. The zero-order valence-corrected chi connectivity index (χ0v) is 14.2. The highest BCUT2D eigenvalue weighted by molar-refractivity contribution is 5.39. The number of benzene rings is 1. The number of hydrogen-bond donors (Lipinski definition) is 1. The third kappa shape index (κ3) is 2.86. The van der Waals surface area contributed by atoms with E-state index in [1.54, 1.807) is 13.2 Å². The molecule has 3 atom stereocenters. The number of fused-ring (bicyclic) bond motifs is 2. The zero-order chi connectivity index (χ0) is 16.7. The summed E-state index contributed by atoms with van der Waals surface area (Å²) in [5.74, 6) is 2.59. The third-order valence-electron chi connectivity index (χ3n) is 6.26. The lowest BCUT2D eigenvalue weighted by Crippen LogP contribution is -2.44. The number of allylic oxidation sites excluding steroid dienone is 2. The summed E-state index contributed by atoms with van der Waals surface area (Å²) >= 11 is 0. The highest BCUT2D eigenvalue weighted by Crippen LogP contribution is 2.44. The topological polar surface area (TPSA) is 32.7 Å². The molecule has 24 heavy (non-hydrogen) atoms. The molecule has 1 saturated carbocycles. The van der Waals surface area contributed by atoms with Gasteiger partial charge in [0.15, 0.2) is 0 Å². The standard InChI is InChI=1S/C20H26FNO2/c1-24-19-5-4-17(21)12-18(19)20(23)6-8-22(9-7-20)13-16-11-14-2-3-15(16)10-14/h2-5,12,14-16,23H,6-11,13H2,1H3/t14-,15-,16+/m0/s1. The molecule has 0 amide bonds. The summed E-state index contributed by atoms with van der Waals surface area (Å²) < 4.78 is 19.0. The van der Waals surface area contributed by atoms with Crippen LogP contribution in [-0.2, 0) is 5.60 Å². The maximum atomic E-state index is 13.7. The molecule has 2 aliphatic carbocycles. The van der Waals surface area contributed by atoms with Crippen molar-refractivity contribution < 1.29 is 14.2 Å². The number of nitrogens with zero attached hydrogens (tertiary/aromatic N) is 1. The molecule has 1 aromatic carbocycles. The van der Waals surface area contributed by atoms with Gasteiger partial charge < -0.3 is 14.7 Å². The van der Waals surface area contributed by atoms with Gasteiger partial charge in [-0.3, -0.25) is 0 Å². The first-order chi connectivity index (χ1) is 11.6. The Bertz CT molecular complexity index is 637.